The first kappa shape index (κ1) is 12.2. The van der Waals surface area contributed by atoms with Gasteiger partial charge in [0, 0.05) is 18.5 Å². The maximum absolute atomic E-state index is 11.2. The van der Waals surface area contributed by atoms with Gasteiger partial charge in [-0.2, -0.15) is 0 Å². The predicted molar refractivity (Wildman–Crippen MR) is 55.3 cm³/mol. The summed E-state index contributed by atoms with van der Waals surface area (Å²) >= 11 is 0. The van der Waals surface area contributed by atoms with E-state index in [1.54, 1.807) is 0 Å². The Hall–Kier alpha value is -1.85. The molecule has 6 heteroatoms. The van der Waals surface area contributed by atoms with Gasteiger partial charge in [0.2, 0.25) is 5.91 Å². The molecule has 1 unspecified atom stereocenters. The Morgan fingerprint density at radius 3 is 2.81 bits per heavy atom. The second-order valence-electron chi connectivity index (χ2n) is 3.52. The lowest BCUT2D eigenvalue weighted by molar-refractivity contribution is -0.153. The van der Waals surface area contributed by atoms with Crippen LogP contribution >= 0.6 is 0 Å². The van der Waals surface area contributed by atoms with Crippen molar-refractivity contribution < 1.29 is 19.1 Å². The summed E-state index contributed by atoms with van der Waals surface area (Å²) in [6, 6.07) is 0. The Balaban J connectivity index is 2.28. The van der Waals surface area contributed by atoms with E-state index in [1.165, 1.54) is 6.92 Å². The van der Waals surface area contributed by atoms with Gasteiger partial charge in [-0.25, -0.2) is 0 Å². The van der Waals surface area contributed by atoms with Crippen LogP contribution in [0, 0.1) is 0 Å². The number of amides is 2. The molecule has 1 rings (SSSR count). The number of nitrogens with one attached hydrogen (secondary N) is 2. The van der Waals surface area contributed by atoms with Crippen LogP contribution in [0.4, 0.5) is 0 Å². The third-order valence-electron chi connectivity index (χ3n) is 2.05. The second kappa shape index (κ2) is 5.29. The number of hydrogen-bond acceptors (Lipinski definition) is 4. The van der Waals surface area contributed by atoms with E-state index in [9.17, 15) is 14.4 Å². The van der Waals surface area contributed by atoms with Gasteiger partial charge in [-0.05, 0) is 6.92 Å². The van der Waals surface area contributed by atoms with E-state index in [2.05, 4.69) is 17.2 Å². The Bertz CT molecular complexity index is 338. The van der Waals surface area contributed by atoms with E-state index in [-0.39, 0.29) is 12.5 Å². The van der Waals surface area contributed by atoms with Crippen molar-refractivity contribution in [2.75, 3.05) is 13.1 Å². The summed E-state index contributed by atoms with van der Waals surface area (Å²) in [5.74, 6) is -1.33. The first-order valence-corrected chi connectivity index (χ1v) is 4.91. The highest BCUT2D eigenvalue weighted by Gasteiger charge is 2.27. The third kappa shape index (κ3) is 3.38. The average molecular weight is 226 g/mol. The van der Waals surface area contributed by atoms with Crippen molar-refractivity contribution in [2.24, 2.45) is 0 Å². The van der Waals surface area contributed by atoms with Crippen LogP contribution < -0.4 is 10.6 Å². The summed E-state index contributed by atoms with van der Waals surface area (Å²) in [6.45, 7) is 5.21. The summed E-state index contributed by atoms with van der Waals surface area (Å²) < 4.78 is 4.86. The normalized spacial score (nSPS) is 18.8. The molecule has 1 aliphatic rings. The number of ether oxygens (including phenoxy) is 1. The lowest BCUT2D eigenvalue weighted by Gasteiger charge is -2.09. The smallest absolute Gasteiger partial charge is 0.326 e. The Morgan fingerprint density at radius 2 is 2.31 bits per heavy atom. The zero-order valence-corrected chi connectivity index (χ0v) is 9.04. The van der Waals surface area contributed by atoms with E-state index in [4.69, 9.17) is 4.74 Å². The summed E-state index contributed by atoms with van der Waals surface area (Å²) in [5.41, 5.74) is 0.311. The highest BCUT2D eigenvalue weighted by Crippen LogP contribution is 2.04. The number of hydrogen-bond donors (Lipinski definition) is 2. The number of esters is 1. The number of carbonyl (C=O) groups is 3. The molecule has 0 spiro atoms. The highest BCUT2D eigenvalue weighted by molar-refractivity contribution is 5.94. The maximum Gasteiger partial charge on any atom is 0.326 e. The molecule has 0 aromatic carbocycles. The lowest BCUT2D eigenvalue weighted by Crippen LogP contribution is -2.35. The van der Waals surface area contributed by atoms with Gasteiger partial charge in [-0.3, -0.25) is 14.4 Å². The van der Waals surface area contributed by atoms with Crippen LogP contribution in [0.2, 0.25) is 0 Å². The van der Waals surface area contributed by atoms with Gasteiger partial charge >= 0.3 is 5.97 Å². The minimum absolute atomic E-state index is 0.254. The lowest BCUT2D eigenvalue weighted by atomic mass is 10.3. The maximum atomic E-state index is 11.2. The fraction of sp³-hybridized carbons (Fsp3) is 0.500. The quantitative estimate of drug-likeness (QED) is 0.481. The van der Waals surface area contributed by atoms with Crippen molar-refractivity contribution in [1.29, 1.82) is 0 Å². The van der Waals surface area contributed by atoms with Crippen molar-refractivity contribution in [3.8, 4) is 0 Å². The van der Waals surface area contributed by atoms with E-state index in [0.717, 1.165) is 0 Å². The molecule has 2 N–H and O–H groups in total. The highest BCUT2D eigenvalue weighted by atomic mass is 16.5. The molecule has 6 nitrogen and oxygen atoms in total. The second-order valence-corrected chi connectivity index (χ2v) is 3.52. The minimum Gasteiger partial charge on any atom is -0.451 e. The fourth-order valence-corrected chi connectivity index (χ4v) is 1.19. The molecule has 1 saturated heterocycles. The van der Waals surface area contributed by atoms with E-state index >= 15 is 0 Å². The van der Waals surface area contributed by atoms with Crippen LogP contribution in [-0.2, 0) is 19.1 Å². The van der Waals surface area contributed by atoms with Crippen LogP contribution in [-0.4, -0.2) is 37.0 Å². The molecule has 88 valence electrons. The summed E-state index contributed by atoms with van der Waals surface area (Å²) in [6.07, 6.45) is -0.256. The number of rotatable bonds is 4. The minimum atomic E-state index is -0.728. The largest absolute Gasteiger partial charge is 0.451 e. The van der Waals surface area contributed by atoms with Gasteiger partial charge < -0.3 is 15.4 Å². The van der Waals surface area contributed by atoms with Gasteiger partial charge in [0.15, 0.2) is 6.10 Å². The van der Waals surface area contributed by atoms with Crippen molar-refractivity contribution in [1.82, 2.24) is 10.6 Å². The molecule has 1 fully saturated rings. The van der Waals surface area contributed by atoms with Crippen LogP contribution in [0.1, 0.15) is 13.3 Å². The number of carbonyl (C=O) groups excluding carboxylic acids is 3. The van der Waals surface area contributed by atoms with E-state index < -0.39 is 18.0 Å². The molecule has 0 aromatic heterocycles. The predicted octanol–water partition coefficient (Wildman–Crippen LogP) is -0.890. The molecular weight excluding hydrogens is 212 g/mol. The van der Waals surface area contributed by atoms with E-state index in [1.807, 2.05) is 0 Å². The summed E-state index contributed by atoms with van der Waals surface area (Å²) in [7, 11) is 0. The van der Waals surface area contributed by atoms with Crippen molar-refractivity contribution in [3.05, 3.63) is 12.2 Å². The molecule has 16 heavy (non-hydrogen) atoms. The third-order valence-corrected chi connectivity index (χ3v) is 2.05. The molecule has 1 aliphatic heterocycles. The Labute approximate surface area is 93.0 Å². The molecule has 0 aromatic rings. The van der Waals surface area contributed by atoms with Gasteiger partial charge in [0.25, 0.3) is 5.91 Å². The molecule has 1 atom stereocenters. The summed E-state index contributed by atoms with van der Waals surface area (Å²) in [4.78, 5) is 33.3. The van der Waals surface area contributed by atoms with Crippen molar-refractivity contribution in [2.45, 2.75) is 19.4 Å². The molecule has 0 bridgehead atoms. The molecule has 0 radical (unpaired) electrons. The Morgan fingerprint density at radius 1 is 1.62 bits per heavy atom. The average Bonchev–Trinajstić information content (AvgIpc) is 2.60. The topological polar surface area (TPSA) is 84.5 Å². The summed E-state index contributed by atoms with van der Waals surface area (Å²) in [5, 5.41) is 4.87. The monoisotopic (exact) mass is 226 g/mol. The van der Waals surface area contributed by atoms with Crippen molar-refractivity contribution in [3.63, 3.8) is 0 Å². The van der Waals surface area contributed by atoms with Gasteiger partial charge in [-0.1, -0.05) is 6.58 Å². The van der Waals surface area contributed by atoms with Gasteiger partial charge in [-0.15, -0.1) is 0 Å². The fourth-order valence-electron chi connectivity index (χ4n) is 1.19. The van der Waals surface area contributed by atoms with Crippen LogP contribution in [0.5, 0.6) is 0 Å². The molecule has 0 aliphatic carbocycles. The molecular formula is C10H14N2O4. The SMILES string of the molecule is C=C(C)C(=O)NCC(=O)OC1CCNC1=O. The van der Waals surface area contributed by atoms with Crippen LogP contribution in [0.3, 0.4) is 0 Å². The van der Waals surface area contributed by atoms with Crippen LogP contribution in [0.15, 0.2) is 12.2 Å². The standard InChI is InChI=1S/C10H14N2O4/c1-6(2)9(14)12-5-8(13)16-7-3-4-11-10(7)15/h7H,1,3-5H2,2H3,(H,11,15)(H,12,14). The molecule has 0 saturated carbocycles. The van der Waals surface area contributed by atoms with Gasteiger partial charge in [0.1, 0.15) is 6.54 Å². The molecule has 1 heterocycles. The first-order valence-electron chi connectivity index (χ1n) is 4.91. The molecule has 2 amide bonds. The Kier molecular flexibility index (Phi) is 4.04. The van der Waals surface area contributed by atoms with Gasteiger partial charge in [0.05, 0.1) is 0 Å². The zero-order chi connectivity index (χ0) is 12.1. The van der Waals surface area contributed by atoms with Crippen LogP contribution in [0.25, 0.3) is 0 Å². The first-order chi connectivity index (χ1) is 7.50. The van der Waals surface area contributed by atoms with Crippen molar-refractivity contribution >= 4 is 17.8 Å². The van der Waals surface area contributed by atoms with E-state index in [0.29, 0.717) is 18.5 Å². The zero-order valence-electron chi connectivity index (χ0n) is 9.04.